The molecule has 0 aromatic heterocycles. The van der Waals surface area contributed by atoms with Gasteiger partial charge in [-0.05, 0) is 11.1 Å². The molecule has 0 aliphatic carbocycles. The first-order valence-corrected chi connectivity index (χ1v) is 4.82. The fraction of sp³-hybridized carbons (Fsp3) is 0.455. The van der Waals surface area contributed by atoms with Gasteiger partial charge in [-0.1, -0.05) is 24.3 Å². The van der Waals surface area contributed by atoms with Crippen molar-refractivity contribution in [2.75, 3.05) is 7.11 Å². The lowest BCUT2D eigenvalue weighted by Gasteiger charge is -2.14. The van der Waals surface area contributed by atoms with Crippen molar-refractivity contribution in [3.05, 3.63) is 35.4 Å². The molecule has 0 radical (unpaired) electrons. The third-order valence-corrected chi connectivity index (χ3v) is 2.17. The third kappa shape index (κ3) is 4.20. The fourth-order valence-electron chi connectivity index (χ4n) is 1.39. The van der Waals surface area contributed by atoms with Crippen molar-refractivity contribution in [2.45, 2.75) is 25.2 Å². The van der Waals surface area contributed by atoms with Gasteiger partial charge in [0.2, 0.25) is 0 Å². The summed E-state index contributed by atoms with van der Waals surface area (Å²) in [5.74, 6) is 0. The van der Waals surface area contributed by atoms with Crippen molar-refractivity contribution < 1.29 is 17.9 Å². The van der Waals surface area contributed by atoms with E-state index in [-0.39, 0.29) is 0 Å². The quantitative estimate of drug-likeness (QED) is 0.867. The number of ether oxygens (including phenoxy) is 1. The smallest absolute Gasteiger partial charge is 0.380 e. The standard InChI is InChI=1S/C11H14F3NO/c1-16-7-8-2-4-9(5-3-8)10(15)6-11(12,13)14/h2-5,10H,6-7,15H2,1H3. The second-order valence-electron chi connectivity index (χ2n) is 3.60. The number of benzene rings is 1. The summed E-state index contributed by atoms with van der Waals surface area (Å²) < 4.78 is 41.2. The van der Waals surface area contributed by atoms with Gasteiger partial charge >= 0.3 is 6.18 Å². The SMILES string of the molecule is COCc1ccc(C(N)CC(F)(F)F)cc1. The molecule has 1 aromatic carbocycles. The molecule has 1 atom stereocenters. The molecule has 0 aliphatic heterocycles. The number of methoxy groups -OCH3 is 1. The van der Waals surface area contributed by atoms with Crippen LogP contribution in [-0.4, -0.2) is 13.3 Å². The zero-order valence-corrected chi connectivity index (χ0v) is 8.92. The van der Waals surface area contributed by atoms with Gasteiger partial charge in [0.05, 0.1) is 13.0 Å². The zero-order valence-electron chi connectivity index (χ0n) is 8.92. The van der Waals surface area contributed by atoms with Crippen LogP contribution in [0.15, 0.2) is 24.3 Å². The molecule has 0 amide bonds. The average Bonchev–Trinajstić information content (AvgIpc) is 2.16. The zero-order chi connectivity index (χ0) is 12.2. The first kappa shape index (κ1) is 13.0. The Bertz CT molecular complexity index is 321. The Morgan fingerprint density at radius 3 is 2.25 bits per heavy atom. The molecule has 0 spiro atoms. The Morgan fingerprint density at radius 1 is 1.25 bits per heavy atom. The number of hydrogen-bond acceptors (Lipinski definition) is 2. The van der Waals surface area contributed by atoms with Crippen LogP contribution in [0.2, 0.25) is 0 Å². The molecule has 2 N–H and O–H groups in total. The lowest BCUT2D eigenvalue weighted by molar-refractivity contribution is -0.138. The Kier molecular flexibility index (Phi) is 4.32. The third-order valence-electron chi connectivity index (χ3n) is 2.17. The molecular weight excluding hydrogens is 219 g/mol. The van der Waals surface area contributed by atoms with Crippen LogP contribution >= 0.6 is 0 Å². The van der Waals surface area contributed by atoms with Crippen LogP contribution in [0.5, 0.6) is 0 Å². The maximum atomic E-state index is 12.1. The molecule has 0 heterocycles. The summed E-state index contributed by atoms with van der Waals surface area (Å²) in [6.07, 6.45) is -5.23. The first-order chi connectivity index (χ1) is 7.42. The van der Waals surface area contributed by atoms with Gasteiger partial charge in [0, 0.05) is 13.2 Å². The molecule has 1 rings (SSSR count). The Hall–Kier alpha value is -1.07. The highest BCUT2D eigenvalue weighted by Crippen LogP contribution is 2.27. The lowest BCUT2D eigenvalue weighted by Crippen LogP contribution is -2.20. The molecule has 0 aliphatic rings. The highest BCUT2D eigenvalue weighted by Gasteiger charge is 2.30. The number of halogens is 3. The van der Waals surface area contributed by atoms with E-state index < -0.39 is 18.6 Å². The van der Waals surface area contributed by atoms with E-state index >= 15 is 0 Å². The van der Waals surface area contributed by atoms with Crippen LogP contribution < -0.4 is 5.73 Å². The average molecular weight is 233 g/mol. The normalized spacial score (nSPS) is 13.8. The monoisotopic (exact) mass is 233 g/mol. The Labute approximate surface area is 92.2 Å². The molecule has 0 bridgehead atoms. The first-order valence-electron chi connectivity index (χ1n) is 4.82. The second kappa shape index (κ2) is 5.32. The Morgan fingerprint density at radius 2 is 1.81 bits per heavy atom. The van der Waals surface area contributed by atoms with Gasteiger partial charge in [-0.3, -0.25) is 0 Å². The topological polar surface area (TPSA) is 35.2 Å². The summed E-state index contributed by atoms with van der Waals surface area (Å²) in [7, 11) is 1.56. The van der Waals surface area contributed by atoms with Crippen LogP contribution in [0, 0.1) is 0 Å². The van der Waals surface area contributed by atoms with E-state index in [4.69, 9.17) is 10.5 Å². The summed E-state index contributed by atoms with van der Waals surface area (Å²) in [6.45, 7) is 0.439. The molecular formula is C11H14F3NO. The van der Waals surface area contributed by atoms with Gasteiger partial charge in [-0.2, -0.15) is 13.2 Å². The largest absolute Gasteiger partial charge is 0.390 e. The summed E-state index contributed by atoms with van der Waals surface area (Å²) in [5, 5.41) is 0. The van der Waals surface area contributed by atoms with Crippen LogP contribution in [0.1, 0.15) is 23.6 Å². The molecule has 0 saturated carbocycles. The van der Waals surface area contributed by atoms with Crippen LogP contribution in [0.3, 0.4) is 0 Å². The van der Waals surface area contributed by atoms with Crippen molar-refractivity contribution in [1.29, 1.82) is 0 Å². The van der Waals surface area contributed by atoms with E-state index in [1.54, 1.807) is 31.4 Å². The summed E-state index contributed by atoms with van der Waals surface area (Å²) in [6, 6.07) is 5.64. The molecule has 5 heteroatoms. The van der Waals surface area contributed by atoms with Crippen molar-refractivity contribution in [3.8, 4) is 0 Å². The van der Waals surface area contributed by atoms with E-state index in [0.29, 0.717) is 12.2 Å². The van der Waals surface area contributed by atoms with Crippen LogP contribution in [-0.2, 0) is 11.3 Å². The summed E-state index contributed by atoms with van der Waals surface area (Å²) in [4.78, 5) is 0. The predicted molar refractivity (Wildman–Crippen MR) is 54.8 cm³/mol. The number of hydrogen-bond donors (Lipinski definition) is 1. The van der Waals surface area contributed by atoms with E-state index in [0.717, 1.165) is 5.56 Å². The molecule has 90 valence electrons. The van der Waals surface area contributed by atoms with Crippen molar-refractivity contribution in [3.63, 3.8) is 0 Å². The highest BCUT2D eigenvalue weighted by atomic mass is 19.4. The number of rotatable bonds is 4. The maximum absolute atomic E-state index is 12.1. The highest BCUT2D eigenvalue weighted by molar-refractivity contribution is 5.24. The minimum Gasteiger partial charge on any atom is -0.380 e. The minimum absolute atomic E-state index is 0.439. The van der Waals surface area contributed by atoms with Gasteiger partial charge in [0.25, 0.3) is 0 Å². The van der Waals surface area contributed by atoms with Crippen molar-refractivity contribution >= 4 is 0 Å². The lowest BCUT2D eigenvalue weighted by atomic mass is 10.0. The molecule has 1 unspecified atom stereocenters. The fourth-order valence-corrected chi connectivity index (χ4v) is 1.39. The molecule has 0 fully saturated rings. The summed E-state index contributed by atoms with van der Waals surface area (Å²) >= 11 is 0. The molecule has 2 nitrogen and oxygen atoms in total. The Balaban J connectivity index is 2.66. The molecule has 16 heavy (non-hydrogen) atoms. The van der Waals surface area contributed by atoms with Gasteiger partial charge < -0.3 is 10.5 Å². The van der Waals surface area contributed by atoms with Gasteiger partial charge in [-0.25, -0.2) is 0 Å². The predicted octanol–water partition coefficient (Wildman–Crippen LogP) is 2.79. The van der Waals surface area contributed by atoms with E-state index in [2.05, 4.69) is 0 Å². The van der Waals surface area contributed by atoms with E-state index in [9.17, 15) is 13.2 Å². The molecule has 0 saturated heterocycles. The van der Waals surface area contributed by atoms with Gasteiger partial charge in [0.15, 0.2) is 0 Å². The second-order valence-corrected chi connectivity index (χ2v) is 3.60. The van der Waals surface area contributed by atoms with Gasteiger partial charge in [0.1, 0.15) is 0 Å². The van der Waals surface area contributed by atoms with Crippen LogP contribution in [0.25, 0.3) is 0 Å². The summed E-state index contributed by atoms with van der Waals surface area (Å²) in [5.41, 5.74) is 6.85. The van der Waals surface area contributed by atoms with E-state index in [1.165, 1.54) is 0 Å². The van der Waals surface area contributed by atoms with E-state index in [1.807, 2.05) is 0 Å². The number of alkyl halides is 3. The van der Waals surface area contributed by atoms with Crippen LogP contribution in [0.4, 0.5) is 13.2 Å². The maximum Gasteiger partial charge on any atom is 0.390 e. The van der Waals surface area contributed by atoms with Gasteiger partial charge in [-0.15, -0.1) is 0 Å². The number of nitrogens with two attached hydrogens (primary N) is 1. The van der Waals surface area contributed by atoms with Crippen molar-refractivity contribution in [2.24, 2.45) is 5.73 Å². The minimum atomic E-state index is -4.23. The van der Waals surface area contributed by atoms with Crippen molar-refractivity contribution in [1.82, 2.24) is 0 Å². The molecule has 1 aromatic rings.